The van der Waals surface area contributed by atoms with Crippen LogP contribution in [0.3, 0.4) is 0 Å². The number of hydrogen-bond acceptors (Lipinski definition) is 2. The third-order valence-electron chi connectivity index (χ3n) is 1.91. The Labute approximate surface area is 98.1 Å². The molecule has 0 aliphatic carbocycles. The third-order valence-corrected chi connectivity index (χ3v) is 2.59. The Morgan fingerprint density at radius 2 is 2.13 bits per heavy atom. The number of benzene rings is 1. The second kappa shape index (κ2) is 5.54. The fourth-order valence-corrected chi connectivity index (χ4v) is 1.90. The van der Waals surface area contributed by atoms with Crippen LogP contribution in [-0.4, -0.2) is 13.2 Å². The second-order valence-corrected chi connectivity index (χ2v) is 3.72. The van der Waals surface area contributed by atoms with Gasteiger partial charge < -0.3 is 10.5 Å². The molecule has 1 aromatic carbocycles. The van der Waals surface area contributed by atoms with Crippen LogP contribution < -0.4 is 10.5 Å². The van der Waals surface area contributed by atoms with Crippen LogP contribution in [-0.2, 0) is 6.42 Å². The van der Waals surface area contributed by atoms with Crippen molar-refractivity contribution in [1.82, 2.24) is 0 Å². The highest BCUT2D eigenvalue weighted by Gasteiger charge is 2.16. The van der Waals surface area contributed by atoms with Gasteiger partial charge in [-0.2, -0.15) is 0 Å². The van der Waals surface area contributed by atoms with Crippen molar-refractivity contribution in [1.29, 1.82) is 0 Å². The molecule has 0 heterocycles. The Kier molecular flexibility index (Phi) is 4.64. The summed E-state index contributed by atoms with van der Waals surface area (Å²) < 4.78 is 18.7. The number of rotatable bonds is 4. The standard InChI is InChI=1S/C10H12Cl2FNO/c1-2-15-10-7(11)5-8(13)6(3-4-14)9(10)12/h5H,2-4,14H2,1H3. The number of ether oxygens (including phenoxy) is 1. The molecule has 0 aromatic heterocycles. The quantitative estimate of drug-likeness (QED) is 0.893. The first-order chi connectivity index (χ1) is 7.11. The lowest BCUT2D eigenvalue weighted by molar-refractivity contribution is 0.339. The van der Waals surface area contributed by atoms with Gasteiger partial charge in [0.15, 0.2) is 5.75 Å². The minimum absolute atomic E-state index is 0.181. The van der Waals surface area contributed by atoms with Crippen LogP contribution in [0.15, 0.2) is 6.07 Å². The largest absolute Gasteiger partial charge is 0.491 e. The van der Waals surface area contributed by atoms with Crippen LogP contribution in [0.5, 0.6) is 5.75 Å². The first kappa shape index (κ1) is 12.6. The van der Waals surface area contributed by atoms with E-state index < -0.39 is 5.82 Å². The van der Waals surface area contributed by atoms with Crippen LogP contribution in [0.4, 0.5) is 4.39 Å². The first-order valence-corrected chi connectivity index (χ1v) is 5.36. The van der Waals surface area contributed by atoms with Crippen molar-refractivity contribution in [3.8, 4) is 5.75 Å². The van der Waals surface area contributed by atoms with Crippen LogP contribution in [0.1, 0.15) is 12.5 Å². The van der Waals surface area contributed by atoms with E-state index in [4.69, 9.17) is 33.7 Å². The molecule has 0 unspecified atom stereocenters. The average Bonchev–Trinajstić information content (AvgIpc) is 2.19. The minimum Gasteiger partial charge on any atom is -0.491 e. The fourth-order valence-electron chi connectivity index (χ4n) is 1.26. The van der Waals surface area contributed by atoms with Gasteiger partial charge in [0, 0.05) is 5.56 Å². The molecule has 0 fully saturated rings. The fraction of sp³-hybridized carbons (Fsp3) is 0.400. The van der Waals surface area contributed by atoms with E-state index in [9.17, 15) is 4.39 Å². The van der Waals surface area contributed by atoms with E-state index >= 15 is 0 Å². The molecule has 0 radical (unpaired) electrons. The zero-order valence-corrected chi connectivity index (χ0v) is 9.83. The lowest BCUT2D eigenvalue weighted by Crippen LogP contribution is -2.06. The van der Waals surface area contributed by atoms with Gasteiger partial charge in [-0.1, -0.05) is 23.2 Å². The summed E-state index contributed by atoms with van der Waals surface area (Å²) in [6.45, 7) is 2.55. The Hall–Kier alpha value is -0.510. The summed E-state index contributed by atoms with van der Waals surface area (Å²) in [5.41, 5.74) is 5.72. The van der Waals surface area contributed by atoms with Crippen LogP contribution in [0, 0.1) is 5.82 Å². The van der Waals surface area contributed by atoms with Gasteiger partial charge in [-0.05, 0) is 26.0 Å². The Morgan fingerprint density at radius 1 is 1.47 bits per heavy atom. The molecule has 15 heavy (non-hydrogen) atoms. The molecule has 0 aliphatic heterocycles. The van der Waals surface area contributed by atoms with Gasteiger partial charge in [-0.25, -0.2) is 4.39 Å². The average molecular weight is 252 g/mol. The van der Waals surface area contributed by atoms with Gasteiger partial charge in [-0.15, -0.1) is 0 Å². The third kappa shape index (κ3) is 2.74. The predicted octanol–water partition coefficient (Wildman–Crippen LogP) is 3.03. The van der Waals surface area contributed by atoms with Crippen molar-refractivity contribution in [3.63, 3.8) is 0 Å². The summed E-state index contributed by atoms with van der Waals surface area (Å²) in [6, 6.07) is 1.20. The smallest absolute Gasteiger partial charge is 0.156 e. The van der Waals surface area contributed by atoms with E-state index in [1.807, 2.05) is 0 Å². The van der Waals surface area contributed by atoms with E-state index in [1.54, 1.807) is 6.92 Å². The van der Waals surface area contributed by atoms with E-state index in [2.05, 4.69) is 0 Å². The molecule has 0 aliphatic rings. The Morgan fingerprint density at radius 3 is 2.67 bits per heavy atom. The Bertz CT molecular complexity index is 328. The normalized spacial score (nSPS) is 10.5. The molecular formula is C10H12Cl2FNO. The molecule has 2 N–H and O–H groups in total. The highest BCUT2D eigenvalue weighted by molar-refractivity contribution is 6.37. The lowest BCUT2D eigenvalue weighted by atomic mass is 10.1. The van der Waals surface area contributed by atoms with E-state index in [-0.39, 0.29) is 10.0 Å². The molecule has 0 amide bonds. The first-order valence-electron chi connectivity index (χ1n) is 4.61. The highest BCUT2D eigenvalue weighted by atomic mass is 35.5. The van der Waals surface area contributed by atoms with E-state index in [0.717, 1.165) is 0 Å². The number of nitrogens with two attached hydrogens (primary N) is 1. The zero-order valence-electron chi connectivity index (χ0n) is 8.32. The molecule has 1 aromatic rings. The van der Waals surface area contributed by atoms with E-state index in [0.29, 0.717) is 30.9 Å². The van der Waals surface area contributed by atoms with E-state index in [1.165, 1.54) is 6.07 Å². The number of hydrogen-bond donors (Lipinski definition) is 1. The zero-order chi connectivity index (χ0) is 11.4. The van der Waals surface area contributed by atoms with Gasteiger partial charge in [-0.3, -0.25) is 0 Å². The summed E-state index contributed by atoms with van der Waals surface area (Å²) in [7, 11) is 0. The SMILES string of the molecule is CCOc1c(Cl)cc(F)c(CCN)c1Cl. The minimum atomic E-state index is -0.445. The molecule has 0 spiro atoms. The van der Waals surface area contributed by atoms with Gasteiger partial charge in [0.05, 0.1) is 16.7 Å². The van der Waals surface area contributed by atoms with Crippen molar-refractivity contribution in [2.75, 3.05) is 13.2 Å². The maximum Gasteiger partial charge on any atom is 0.156 e. The van der Waals surface area contributed by atoms with Crippen LogP contribution >= 0.6 is 23.2 Å². The van der Waals surface area contributed by atoms with Crippen molar-refractivity contribution in [2.45, 2.75) is 13.3 Å². The lowest BCUT2D eigenvalue weighted by Gasteiger charge is -2.12. The maximum absolute atomic E-state index is 13.4. The summed E-state index contributed by atoms with van der Waals surface area (Å²) in [5, 5.41) is 0.396. The van der Waals surface area contributed by atoms with Crippen LogP contribution in [0.25, 0.3) is 0 Å². The van der Waals surface area contributed by atoms with Gasteiger partial charge in [0.25, 0.3) is 0 Å². The Balaban J connectivity index is 3.22. The van der Waals surface area contributed by atoms with Crippen molar-refractivity contribution in [2.24, 2.45) is 5.73 Å². The summed E-state index contributed by atoms with van der Waals surface area (Å²) >= 11 is 11.8. The second-order valence-electron chi connectivity index (χ2n) is 2.93. The topological polar surface area (TPSA) is 35.2 Å². The predicted molar refractivity (Wildman–Crippen MR) is 60.3 cm³/mol. The molecule has 0 bridgehead atoms. The van der Waals surface area contributed by atoms with Gasteiger partial charge in [0.1, 0.15) is 5.82 Å². The molecule has 84 valence electrons. The number of halogens is 3. The molecule has 0 atom stereocenters. The summed E-state index contributed by atoms with van der Waals surface area (Å²) in [4.78, 5) is 0. The molecule has 1 rings (SSSR count). The molecular weight excluding hydrogens is 240 g/mol. The summed E-state index contributed by atoms with van der Waals surface area (Å²) in [6.07, 6.45) is 0.363. The van der Waals surface area contributed by atoms with Crippen molar-refractivity contribution in [3.05, 3.63) is 27.5 Å². The maximum atomic E-state index is 13.4. The molecule has 2 nitrogen and oxygen atoms in total. The van der Waals surface area contributed by atoms with Crippen molar-refractivity contribution >= 4 is 23.2 Å². The summed E-state index contributed by atoms with van der Waals surface area (Å²) in [5.74, 6) is -0.121. The van der Waals surface area contributed by atoms with Gasteiger partial charge >= 0.3 is 0 Å². The molecule has 0 saturated carbocycles. The van der Waals surface area contributed by atoms with Crippen molar-refractivity contribution < 1.29 is 9.13 Å². The molecule has 0 saturated heterocycles. The molecule has 5 heteroatoms. The monoisotopic (exact) mass is 251 g/mol. The van der Waals surface area contributed by atoms with Gasteiger partial charge in [0.2, 0.25) is 0 Å². The van der Waals surface area contributed by atoms with Crippen LogP contribution in [0.2, 0.25) is 10.0 Å². The highest BCUT2D eigenvalue weighted by Crippen LogP contribution is 2.37.